The van der Waals surface area contributed by atoms with Crippen molar-refractivity contribution < 1.29 is 13.5 Å². The largest absolute Gasteiger partial charge is 0.378 e. The fourth-order valence-corrected chi connectivity index (χ4v) is 4.38. The van der Waals surface area contributed by atoms with Gasteiger partial charge in [-0.1, -0.05) is 18.2 Å². The summed E-state index contributed by atoms with van der Waals surface area (Å²) in [6.45, 7) is 5.78. The van der Waals surface area contributed by atoms with Crippen LogP contribution >= 0.6 is 0 Å². The number of anilines is 2. The van der Waals surface area contributed by atoms with Crippen molar-refractivity contribution >= 4 is 22.4 Å². The molecule has 1 aliphatic heterocycles. The Kier molecular flexibility index (Phi) is 6.29. The molecule has 0 spiro atoms. The Hall–Kier alpha value is -3.51. The van der Waals surface area contributed by atoms with Gasteiger partial charge in [0.25, 0.3) is 12.0 Å². The molecule has 1 fully saturated rings. The molecule has 1 atom stereocenters. The Morgan fingerprint density at radius 1 is 1.24 bits per heavy atom. The van der Waals surface area contributed by atoms with Crippen LogP contribution in [0.1, 0.15) is 41.6 Å². The molecule has 0 amide bonds. The molecule has 1 N–H and O–H groups in total. The zero-order valence-electron chi connectivity index (χ0n) is 18.7. The zero-order chi connectivity index (χ0) is 23.7. The standard InChI is InChI=1S/C24H25F2N5O2/c1-14-17(5-4-6-18(14)22(25)26)15(2)29-23-19-11-20(31-7-9-33-10-8-31)24(32)30(3)21(19)16(12-27)13-28-23/h4-6,11,13,15,22H,7-10H2,1-3H3,(H,28,29)/t15-/m1/s1. The lowest BCUT2D eigenvalue weighted by Crippen LogP contribution is -2.40. The van der Waals surface area contributed by atoms with Crippen LogP contribution in [0.2, 0.25) is 0 Å². The summed E-state index contributed by atoms with van der Waals surface area (Å²) in [6, 6.07) is 8.38. The van der Waals surface area contributed by atoms with Crippen molar-refractivity contribution in [3.63, 3.8) is 0 Å². The maximum absolute atomic E-state index is 13.4. The Morgan fingerprint density at radius 2 is 1.94 bits per heavy atom. The first-order valence-electron chi connectivity index (χ1n) is 10.7. The summed E-state index contributed by atoms with van der Waals surface area (Å²) in [5.74, 6) is 0.475. The number of hydrogen-bond donors (Lipinski definition) is 1. The first-order valence-corrected chi connectivity index (χ1v) is 10.7. The highest BCUT2D eigenvalue weighted by atomic mass is 19.3. The van der Waals surface area contributed by atoms with Crippen LogP contribution in [0.15, 0.2) is 35.3 Å². The molecule has 9 heteroatoms. The van der Waals surface area contributed by atoms with E-state index in [1.807, 2.05) is 11.8 Å². The van der Waals surface area contributed by atoms with Crippen molar-refractivity contribution in [3.05, 3.63) is 63.1 Å². The lowest BCUT2D eigenvalue weighted by Gasteiger charge is -2.29. The first kappa shape index (κ1) is 22.7. The van der Waals surface area contributed by atoms with Crippen LogP contribution in [0.5, 0.6) is 0 Å². The minimum atomic E-state index is -2.56. The molecule has 1 saturated heterocycles. The second kappa shape index (κ2) is 9.16. The third-order valence-corrected chi connectivity index (χ3v) is 6.17. The summed E-state index contributed by atoms with van der Waals surface area (Å²) in [7, 11) is 1.64. The molecule has 0 unspecified atom stereocenters. The van der Waals surface area contributed by atoms with Crippen molar-refractivity contribution in [1.29, 1.82) is 5.26 Å². The number of nitriles is 1. The molecule has 0 saturated carbocycles. The van der Waals surface area contributed by atoms with Gasteiger partial charge in [0.1, 0.15) is 17.6 Å². The summed E-state index contributed by atoms with van der Waals surface area (Å²) in [5.41, 5.74) is 2.31. The van der Waals surface area contributed by atoms with Crippen molar-refractivity contribution in [2.45, 2.75) is 26.3 Å². The summed E-state index contributed by atoms with van der Waals surface area (Å²) in [5, 5.41) is 13.5. The highest BCUT2D eigenvalue weighted by molar-refractivity contribution is 5.95. The number of morpholine rings is 1. The number of nitrogens with one attached hydrogen (secondary N) is 1. The van der Waals surface area contributed by atoms with Crippen LogP contribution in [0.25, 0.3) is 10.9 Å². The van der Waals surface area contributed by atoms with Gasteiger partial charge in [-0.2, -0.15) is 5.26 Å². The predicted octanol–water partition coefficient (Wildman–Crippen LogP) is 4.06. The fourth-order valence-electron chi connectivity index (χ4n) is 4.38. The number of alkyl halides is 2. The highest BCUT2D eigenvalue weighted by Crippen LogP contribution is 2.32. The van der Waals surface area contributed by atoms with Gasteiger partial charge in [-0.15, -0.1) is 0 Å². The molecular formula is C24H25F2N5O2. The van der Waals surface area contributed by atoms with Gasteiger partial charge in [-0.25, -0.2) is 13.8 Å². The highest BCUT2D eigenvalue weighted by Gasteiger charge is 2.22. The maximum atomic E-state index is 13.4. The van der Waals surface area contributed by atoms with E-state index in [1.54, 1.807) is 32.2 Å². The topological polar surface area (TPSA) is 83.2 Å². The van der Waals surface area contributed by atoms with E-state index >= 15 is 0 Å². The summed E-state index contributed by atoms with van der Waals surface area (Å²) >= 11 is 0. The van der Waals surface area contributed by atoms with Gasteiger partial charge in [0.2, 0.25) is 0 Å². The van der Waals surface area contributed by atoms with Crippen LogP contribution in [0, 0.1) is 18.3 Å². The molecule has 3 aromatic rings. The maximum Gasteiger partial charge on any atom is 0.274 e. The van der Waals surface area contributed by atoms with Crippen LogP contribution in [0.4, 0.5) is 20.3 Å². The second-order valence-electron chi connectivity index (χ2n) is 8.12. The Labute approximate surface area is 190 Å². The summed E-state index contributed by atoms with van der Waals surface area (Å²) in [4.78, 5) is 19.5. The number of nitrogens with zero attached hydrogens (tertiary/aromatic N) is 4. The van der Waals surface area contributed by atoms with E-state index < -0.39 is 6.43 Å². The smallest absolute Gasteiger partial charge is 0.274 e. The predicted molar refractivity (Wildman–Crippen MR) is 123 cm³/mol. The van der Waals surface area contributed by atoms with Gasteiger partial charge >= 0.3 is 0 Å². The van der Waals surface area contributed by atoms with Crippen molar-refractivity contribution in [1.82, 2.24) is 9.55 Å². The van der Waals surface area contributed by atoms with E-state index in [-0.39, 0.29) is 22.7 Å². The van der Waals surface area contributed by atoms with Crippen molar-refractivity contribution in [3.8, 4) is 6.07 Å². The molecule has 0 aliphatic carbocycles. The SMILES string of the molecule is Cc1c(C(F)F)cccc1[C@@H](C)Nc1ncc(C#N)c2c1cc(N1CCOCC1)c(=O)n2C. The lowest BCUT2D eigenvalue weighted by atomic mass is 9.97. The zero-order valence-corrected chi connectivity index (χ0v) is 18.7. The average molecular weight is 453 g/mol. The molecule has 2 aromatic heterocycles. The number of hydrogen-bond acceptors (Lipinski definition) is 6. The van der Waals surface area contributed by atoms with E-state index in [1.165, 1.54) is 16.8 Å². The van der Waals surface area contributed by atoms with Gasteiger partial charge in [0.15, 0.2) is 0 Å². The minimum Gasteiger partial charge on any atom is -0.378 e. The molecular weight excluding hydrogens is 428 g/mol. The van der Waals surface area contributed by atoms with E-state index in [0.717, 1.165) is 5.56 Å². The normalized spacial score (nSPS) is 15.0. The third kappa shape index (κ3) is 4.14. The van der Waals surface area contributed by atoms with E-state index in [2.05, 4.69) is 16.4 Å². The van der Waals surface area contributed by atoms with Crippen molar-refractivity contribution in [2.24, 2.45) is 7.05 Å². The Balaban J connectivity index is 1.83. The molecule has 7 nitrogen and oxygen atoms in total. The Bertz CT molecular complexity index is 1290. The molecule has 172 valence electrons. The Morgan fingerprint density at radius 3 is 2.61 bits per heavy atom. The number of aromatic nitrogens is 2. The number of halogens is 2. The summed E-state index contributed by atoms with van der Waals surface area (Å²) in [6.07, 6.45) is -1.13. The number of fused-ring (bicyclic) bond motifs is 1. The molecule has 1 aliphatic rings. The molecule has 3 heterocycles. The molecule has 4 rings (SSSR count). The van der Waals surface area contributed by atoms with Crippen LogP contribution in [-0.4, -0.2) is 35.9 Å². The monoisotopic (exact) mass is 453 g/mol. The lowest BCUT2D eigenvalue weighted by molar-refractivity contribution is 0.122. The van der Waals surface area contributed by atoms with Crippen LogP contribution < -0.4 is 15.8 Å². The van der Waals surface area contributed by atoms with E-state index in [0.29, 0.717) is 54.3 Å². The first-order chi connectivity index (χ1) is 15.8. The quantitative estimate of drug-likeness (QED) is 0.627. The summed E-state index contributed by atoms with van der Waals surface area (Å²) < 4.78 is 33.6. The number of pyridine rings is 2. The van der Waals surface area contributed by atoms with Gasteiger partial charge < -0.3 is 19.5 Å². The molecule has 0 radical (unpaired) electrons. The fraction of sp³-hybridized carbons (Fsp3) is 0.375. The van der Waals surface area contributed by atoms with Gasteiger partial charge in [0, 0.05) is 37.3 Å². The number of ether oxygens (including phenoxy) is 1. The van der Waals surface area contributed by atoms with Crippen LogP contribution in [-0.2, 0) is 11.8 Å². The molecule has 0 bridgehead atoms. The number of benzene rings is 1. The number of aryl methyl sites for hydroxylation is 1. The molecule has 1 aromatic carbocycles. The van der Waals surface area contributed by atoms with E-state index in [9.17, 15) is 18.8 Å². The van der Waals surface area contributed by atoms with Crippen molar-refractivity contribution in [2.75, 3.05) is 36.5 Å². The van der Waals surface area contributed by atoms with Gasteiger partial charge in [0.05, 0.1) is 30.3 Å². The average Bonchev–Trinajstić information content (AvgIpc) is 2.81. The van der Waals surface area contributed by atoms with E-state index in [4.69, 9.17) is 4.74 Å². The van der Waals surface area contributed by atoms with Gasteiger partial charge in [-0.3, -0.25) is 4.79 Å². The second-order valence-corrected chi connectivity index (χ2v) is 8.12. The third-order valence-electron chi connectivity index (χ3n) is 6.17. The minimum absolute atomic E-state index is 0.00389. The number of rotatable bonds is 5. The molecule has 33 heavy (non-hydrogen) atoms. The van der Waals surface area contributed by atoms with Gasteiger partial charge in [-0.05, 0) is 31.0 Å². The van der Waals surface area contributed by atoms with Crippen LogP contribution in [0.3, 0.4) is 0 Å².